The normalized spacial score (nSPS) is 12.5. The highest BCUT2D eigenvalue weighted by Crippen LogP contribution is 2.24. The van der Waals surface area contributed by atoms with Crippen LogP contribution in [0, 0.1) is 19.8 Å². The van der Waals surface area contributed by atoms with E-state index >= 15 is 0 Å². The second-order valence-electron chi connectivity index (χ2n) is 5.25. The minimum atomic E-state index is 0.614. The summed E-state index contributed by atoms with van der Waals surface area (Å²) in [5.41, 5.74) is 3.94. The molecular weight excluding hydrogens is 238 g/mol. The maximum atomic E-state index is 5.35. The molecule has 0 spiro atoms. The lowest BCUT2D eigenvalue weighted by Gasteiger charge is -2.16. The number of aryl methyl sites for hydroxylation is 2. The maximum absolute atomic E-state index is 5.35. The molecule has 0 aliphatic heterocycles. The van der Waals surface area contributed by atoms with Gasteiger partial charge in [-0.3, -0.25) is 0 Å². The molecular formula is C16H27NO2. The fourth-order valence-corrected chi connectivity index (χ4v) is 2.26. The van der Waals surface area contributed by atoms with Gasteiger partial charge in [-0.2, -0.15) is 0 Å². The molecule has 1 unspecified atom stereocenters. The van der Waals surface area contributed by atoms with Crippen molar-refractivity contribution in [2.24, 2.45) is 5.92 Å². The van der Waals surface area contributed by atoms with Crippen LogP contribution in [0.3, 0.4) is 0 Å². The Hall–Kier alpha value is -1.06. The number of benzene rings is 1. The van der Waals surface area contributed by atoms with Crippen molar-refractivity contribution in [2.45, 2.75) is 27.2 Å². The average Bonchev–Trinajstić information content (AvgIpc) is 2.38. The highest BCUT2D eigenvalue weighted by atomic mass is 16.5. The third-order valence-corrected chi connectivity index (χ3v) is 3.40. The van der Waals surface area contributed by atoms with Crippen molar-refractivity contribution >= 4 is 0 Å². The quantitative estimate of drug-likeness (QED) is 0.733. The van der Waals surface area contributed by atoms with Crippen LogP contribution in [-0.2, 0) is 11.2 Å². The van der Waals surface area contributed by atoms with E-state index in [-0.39, 0.29) is 0 Å². The van der Waals surface area contributed by atoms with Crippen molar-refractivity contribution in [3.05, 3.63) is 28.8 Å². The van der Waals surface area contributed by atoms with Gasteiger partial charge in [-0.15, -0.1) is 0 Å². The lowest BCUT2D eigenvalue weighted by Crippen LogP contribution is -2.25. The Morgan fingerprint density at radius 3 is 2.53 bits per heavy atom. The lowest BCUT2D eigenvalue weighted by molar-refractivity contribution is 0.198. The minimum absolute atomic E-state index is 0.614. The molecule has 3 heteroatoms. The van der Waals surface area contributed by atoms with E-state index in [1.54, 1.807) is 14.2 Å². The third-order valence-electron chi connectivity index (χ3n) is 3.40. The van der Waals surface area contributed by atoms with Crippen LogP contribution in [0.4, 0.5) is 0 Å². The summed E-state index contributed by atoms with van der Waals surface area (Å²) >= 11 is 0. The molecule has 1 atom stereocenters. The molecule has 0 bridgehead atoms. The molecule has 0 aromatic heterocycles. The van der Waals surface area contributed by atoms with Gasteiger partial charge >= 0.3 is 0 Å². The predicted octanol–water partition coefficient (Wildman–Crippen LogP) is 2.73. The van der Waals surface area contributed by atoms with Gasteiger partial charge in [0, 0.05) is 13.7 Å². The molecule has 1 aromatic rings. The Morgan fingerprint density at radius 2 is 1.89 bits per heavy atom. The molecule has 0 saturated carbocycles. The van der Waals surface area contributed by atoms with Gasteiger partial charge in [0.05, 0.1) is 13.7 Å². The predicted molar refractivity (Wildman–Crippen MR) is 80.1 cm³/mol. The molecule has 0 saturated heterocycles. The maximum Gasteiger partial charge on any atom is 0.122 e. The van der Waals surface area contributed by atoms with Gasteiger partial charge in [0.2, 0.25) is 0 Å². The standard InChI is InChI=1S/C16H27NO2/c1-12(11-17-6-7-18-4)8-15-9-14(3)16(19-5)10-13(15)2/h9-10,12,17H,6-8,11H2,1-5H3. The van der Waals surface area contributed by atoms with Gasteiger partial charge < -0.3 is 14.8 Å². The zero-order chi connectivity index (χ0) is 14.3. The lowest BCUT2D eigenvalue weighted by atomic mass is 9.95. The summed E-state index contributed by atoms with van der Waals surface area (Å²) in [5.74, 6) is 1.59. The first-order chi connectivity index (χ1) is 9.08. The SMILES string of the molecule is COCCNCC(C)Cc1cc(C)c(OC)cc1C. The van der Waals surface area contributed by atoms with Crippen molar-refractivity contribution in [1.82, 2.24) is 5.32 Å². The number of nitrogens with one attached hydrogen (secondary N) is 1. The molecule has 108 valence electrons. The minimum Gasteiger partial charge on any atom is -0.496 e. The summed E-state index contributed by atoms with van der Waals surface area (Å²) in [6, 6.07) is 4.38. The Bertz CT molecular complexity index is 391. The topological polar surface area (TPSA) is 30.5 Å². The largest absolute Gasteiger partial charge is 0.496 e. The summed E-state index contributed by atoms with van der Waals surface area (Å²) in [6.45, 7) is 9.24. The highest BCUT2D eigenvalue weighted by Gasteiger charge is 2.09. The zero-order valence-electron chi connectivity index (χ0n) is 12.9. The molecule has 1 aromatic carbocycles. The summed E-state index contributed by atoms with van der Waals surface area (Å²) in [5, 5.41) is 3.41. The summed E-state index contributed by atoms with van der Waals surface area (Å²) in [4.78, 5) is 0. The number of hydrogen-bond donors (Lipinski definition) is 1. The first-order valence-corrected chi connectivity index (χ1v) is 6.92. The first kappa shape index (κ1) is 16.0. The molecule has 1 N–H and O–H groups in total. The van der Waals surface area contributed by atoms with Gasteiger partial charge in [-0.1, -0.05) is 13.0 Å². The van der Waals surface area contributed by atoms with Crippen LogP contribution < -0.4 is 10.1 Å². The van der Waals surface area contributed by atoms with Gasteiger partial charge in [-0.25, -0.2) is 0 Å². The number of hydrogen-bond acceptors (Lipinski definition) is 3. The molecule has 0 amide bonds. The number of ether oxygens (including phenoxy) is 2. The number of methoxy groups -OCH3 is 2. The fraction of sp³-hybridized carbons (Fsp3) is 0.625. The van der Waals surface area contributed by atoms with Crippen LogP contribution in [0.5, 0.6) is 5.75 Å². The van der Waals surface area contributed by atoms with Gasteiger partial charge in [0.1, 0.15) is 5.75 Å². The van der Waals surface area contributed by atoms with E-state index in [0.717, 1.165) is 31.9 Å². The summed E-state index contributed by atoms with van der Waals surface area (Å²) in [6.07, 6.45) is 1.09. The van der Waals surface area contributed by atoms with Crippen LogP contribution in [0.2, 0.25) is 0 Å². The second-order valence-corrected chi connectivity index (χ2v) is 5.25. The summed E-state index contributed by atoms with van der Waals surface area (Å²) in [7, 11) is 3.46. The van der Waals surface area contributed by atoms with E-state index in [0.29, 0.717) is 5.92 Å². The van der Waals surface area contributed by atoms with E-state index in [1.165, 1.54) is 16.7 Å². The Morgan fingerprint density at radius 1 is 1.16 bits per heavy atom. The van der Waals surface area contributed by atoms with Crippen LogP contribution in [0.25, 0.3) is 0 Å². The van der Waals surface area contributed by atoms with Crippen molar-refractivity contribution in [3.63, 3.8) is 0 Å². The highest BCUT2D eigenvalue weighted by molar-refractivity contribution is 5.41. The average molecular weight is 265 g/mol. The van der Waals surface area contributed by atoms with E-state index in [4.69, 9.17) is 9.47 Å². The van der Waals surface area contributed by atoms with Crippen LogP contribution in [0.15, 0.2) is 12.1 Å². The number of rotatable bonds is 8. The van der Waals surface area contributed by atoms with Gasteiger partial charge in [-0.05, 0) is 55.5 Å². The van der Waals surface area contributed by atoms with Crippen molar-refractivity contribution < 1.29 is 9.47 Å². The molecule has 0 aliphatic carbocycles. The Balaban J connectivity index is 2.54. The monoisotopic (exact) mass is 265 g/mol. The molecule has 0 aliphatic rings. The van der Waals surface area contributed by atoms with E-state index < -0.39 is 0 Å². The second kappa shape index (κ2) is 8.18. The van der Waals surface area contributed by atoms with E-state index in [9.17, 15) is 0 Å². The first-order valence-electron chi connectivity index (χ1n) is 6.92. The van der Waals surface area contributed by atoms with E-state index in [2.05, 4.69) is 38.2 Å². The van der Waals surface area contributed by atoms with Crippen molar-refractivity contribution in [1.29, 1.82) is 0 Å². The van der Waals surface area contributed by atoms with Gasteiger partial charge in [0.15, 0.2) is 0 Å². The van der Waals surface area contributed by atoms with Gasteiger partial charge in [0.25, 0.3) is 0 Å². The third kappa shape index (κ3) is 5.21. The van der Waals surface area contributed by atoms with Crippen molar-refractivity contribution in [3.8, 4) is 5.75 Å². The Labute approximate surface area is 117 Å². The molecule has 0 heterocycles. The Kier molecular flexibility index (Phi) is 6.89. The fourth-order valence-electron chi connectivity index (χ4n) is 2.26. The summed E-state index contributed by atoms with van der Waals surface area (Å²) < 4.78 is 10.4. The smallest absolute Gasteiger partial charge is 0.122 e. The molecule has 3 nitrogen and oxygen atoms in total. The molecule has 0 fully saturated rings. The molecule has 1 rings (SSSR count). The van der Waals surface area contributed by atoms with Crippen LogP contribution in [-0.4, -0.2) is 33.9 Å². The van der Waals surface area contributed by atoms with Crippen LogP contribution in [0.1, 0.15) is 23.6 Å². The van der Waals surface area contributed by atoms with E-state index in [1.807, 2.05) is 0 Å². The molecule has 19 heavy (non-hydrogen) atoms. The zero-order valence-corrected chi connectivity index (χ0v) is 12.9. The van der Waals surface area contributed by atoms with Crippen LogP contribution >= 0.6 is 0 Å². The molecule has 0 radical (unpaired) electrons. The van der Waals surface area contributed by atoms with Crippen molar-refractivity contribution in [2.75, 3.05) is 33.9 Å².